The van der Waals surface area contributed by atoms with Gasteiger partial charge in [0, 0.05) is 27.0 Å². The molecule has 0 aliphatic rings. The number of thioether (sulfide) groups is 2. The van der Waals surface area contributed by atoms with Crippen LogP contribution >= 0.6 is 35.1 Å². The van der Waals surface area contributed by atoms with Crippen molar-refractivity contribution in [2.75, 3.05) is 17.2 Å². The first-order valence-corrected chi connectivity index (χ1v) is 8.38. The number of anilines is 1. The summed E-state index contributed by atoms with van der Waals surface area (Å²) in [6, 6.07) is 14.3. The number of aryl methyl sites for hydroxylation is 1. The van der Waals surface area contributed by atoms with Gasteiger partial charge in [0.25, 0.3) is 0 Å². The average molecular weight is 310 g/mol. The quantitative estimate of drug-likeness (QED) is 0.472. The highest BCUT2D eigenvalue weighted by molar-refractivity contribution is 8.03. The van der Waals surface area contributed by atoms with Crippen LogP contribution in [0.1, 0.15) is 5.56 Å². The van der Waals surface area contributed by atoms with Crippen LogP contribution in [0.2, 0.25) is 5.02 Å². The van der Waals surface area contributed by atoms with Gasteiger partial charge in [0.1, 0.15) is 0 Å². The largest absolute Gasteiger partial charge is 0.398 e. The summed E-state index contributed by atoms with van der Waals surface area (Å²) >= 11 is 9.71. The van der Waals surface area contributed by atoms with Crippen molar-refractivity contribution in [2.45, 2.75) is 16.7 Å². The second kappa shape index (κ2) is 7.13. The molecule has 4 heteroatoms. The zero-order valence-electron chi connectivity index (χ0n) is 10.7. The number of nitrogens with two attached hydrogens (primary N) is 1. The van der Waals surface area contributed by atoms with Gasteiger partial charge in [0.05, 0.1) is 5.02 Å². The van der Waals surface area contributed by atoms with Gasteiger partial charge >= 0.3 is 0 Å². The van der Waals surface area contributed by atoms with E-state index in [0.717, 1.165) is 27.1 Å². The van der Waals surface area contributed by atoms with Crippen molar-refractivity contribution in [3.05, 3.63) is 53.1 Å². The minimum atomic E-state index is 0.741. The first-order chi connectivity index (χ1) is 9.16. The zero-order chi connectivity index (χ0) is 13.7. The molecule has 2 aromatic rings. The van der Waals surface area contributed by atoms with Crippen molar-refractivity contribution in [3.8, 4) is 0 Å². The van der Waals surface area contributed by atoms with Crippen molar-refractivity contribution in [3.63, 3.8) is 0 Å². The van der Waals surface area contributed by atoms with E-state index in [9.17, 15) is 0 Å². The van der Waals surface area contributed by atoms with Crippen LogP contribution in [0.15, 0.2) is 52.3 Å². The van der Waals surface area contributed by atoms with Gasteiger partial charge in [-0.15, -0.1) is 23.5 Å². The fourth-order valence-corrected chi connectivity index (χ4v) is 3.84. The second-order valence-electron chi connectivity index (χ2n) is 4.17. The Morgan fingerprint density at radius 2 is 1.68 bits per heavy atom. The summed E-state index contributed by atoms with van der Waals surface area (Å²) in [5, 5.41) is 0.741. The molecular formula is C15H16ClNS2. The number of rotatable bonds is 5. The van der Waals surface area contributed by atoms with Crippen molar-refractivity contribution in [2.24, 2.45) is 0 Å². The average Bonchev–Trinajstić information content (AvgIpc) is 2.39. The standard InChI is InChI=1S/C15H16ClNS2/c1-11-5-7-12(8-6-11)18-9-10-19-15-13(16)3-2-4-14(15)17/h2-8H,9-10,17H2,1H3. The normalized spacial score (nSPS) is 10.6. The lowest BCUT2D eigenvalue weighted by molar-refractivity contribution is 1.37. The molecule has 0 atom stereocenters. The third-order valence-electron chi connectivity index (χ3n) is 2.62. The first-order valence-electron chi connectivity index (χ1n) is 6.03. The molecule has 0 heterocycles. The van der Waals surface area contributed by atoms with Crippen molar-refractivity contribution < 1.29 is 0 Å². The van der Waals surface area contributed by atoms with Gasteiger partial charge in [-0.05, 0) is 31.2 Å². The first kappa shape index (κ1) is 14.6. The molecule has 2 rings (SSSR count). The van der Waals surface area contributed by atoms with Crippen LogP contribution in [0.3, 0.4) is 0 Å². The minimum Gasteiger partial charge on any atom is -0.398 e. The Hall–Kier alpha value is -0.770. The zero-order valence-corrected chi connectivity index (χ0v) is 13.1. The van der Waals surface area contributed by atoms with E-state index in [4.69, 9.17) is 17.3 Å². The lowest BCUT2D eigenvalue weighted by atomic mass is 10.2. The van der Waals surface area contributed by atoms with E-state index in [2.05, 4.69) is 31.2 Å². The molecule has 0 fully saturated rings. The van der Waals surface area contributed by atoms with Crippen LogP contribution in [0, 0.1) is 6.92 Å². The predicted molar refractivity (Wildman–Crippen MR) is 88.5 cm³/mol. The number of benzene rings is 2. The fourth-order valence-electron chi connectivity index (χ4n) is 1.62. The van der Waals surface area contributed by atoms with Gasteiger partial charge in [-0.25, -0.2) is 0 Å². The molecule has 0 unspecified atom stereocenters. The Labute approximate surface area is 127 Å². The topological polar surface area (TPSA) is 26.0 Å². The number of hydrogen-bond donors (Lipinski definition) is 1. The molecule has 0 saturated carbocycles. The summed E-state index contributed by atoms with van der Waals surface area (Å²) < 4.78 is 0. The van der Waals surface area contributed by atoms with Gasteiger partial charge < -0.3 is 5.73 Å². The third kappa shape index (κ3) is 4.37. The van der Waals surface area contributed by atoms with E-state index in [1.807, 2.05) is 30.0 Å². The summed E-state index contributed by atoms with van der Waals surface area (Å²) in [4.78, 5) is 2.30. The van der Waals surface area contributed by atoms with Crippen LogP contribution < -0.4 is 5.73 Å². The molecule has 2 aromatic carbocycles. The van der Waals surface area contributed by atoms with Crippen LogP contribution in [0.5, 0.6) is 0 Å². The molecule has 0 aliphatic heterocycles. The maximum Gasteiger partial charge on any atom is 0.0562 e. The monoisotopic (exact) mass is 309 g/mol. The van der Waals surface area contributed by atoms with E-state index >= 15 is 0 Å². The molecular weight excluding hydrogens is 294 g/mol. The Balaban J connectivity index is 1.82. The van der Waals surface area contributed by atoms with Crippen molar-refractivity contribution in [1.82, 2.24) is 0 Å². The maximum atomic E-state index is 6.14. The fraction of sp³-hybridized carbons (Fsp3) is 0.200. The highest BCUT2D eigenvalue weighted by Gasteiger charge is 2.04. The van der Waals surface area contributed by atoms with Crippen molar-refractivity contribution in [1.29, 1.82) is 0 Å². The Morgan fingerprint density at radius 1 is 1.00 bits per heavy atom. The molecule has 0 aliphatic carbocycles. The Kier molecular flexibility index (Phi) is 5.49. The van der Waals surface area contributed by atoms with E-state index in [1.54, 1.807) is 11.8 Å². The summed E-state index contributed by atoms with van der Waals surface area (Å²) in [5.74, 6) is 2.03. The molecule has 0 amide bonds. The second-order valence-corrected chi connectivity index (χ2v) is 6.85. The Bertz CT molecular complexity index is 520. The lowest BCUT2D eigenvalue weighted by Gasteiger charge is -2.07. The molecule has 19 heavy (non-hydrogen) atoms. The highest BCUT2D eigenvalue weighted by Crippen LogP contribution is 2.33. The van der Waals surface area contributed by atoms with E-state index in [1.165, 1.54) is 10.5 Å². The molecule has 100 valence electrons. The molecule has 2 N–H and O–H groups in total. The van der Waals surface area contributed by atoms with Crippen LogP contribution in [-0.2, 0) is 0 Å². The summed E-state index contributed by atoms with van der Waals surface area (Å²) in [7, 11) is 0. The van der Waals surface area contributed by atoms with E-state index in [-0.39, 0.29) is 0 Å². The summed E-state index contributed by atoms with van der Waals surface area (Å²) in [6.07, 6.45) is 0. The lowest BCUT2D eigenvalue weighted by Crippen LogP contribution is -1.91. The SMILES string of the molecule is Cc1ccc(SCCSc2c(N)cccc2Cl)cc1. The minimum absolute atomic E-state index is 0.741. The molecule has 0 spiro atoms. The smallest absolute Gasteiger partial charge is 0.0562 e. The summed E-state index contributed by atoms with van der Waals surface area (Å²) in [5.41, 5.74) is 7.98. The van der Waals surface area contributed by atoms with Crippen LogP contribution in [0.25, 0.3) is 0 Å². The molecule has 0 bridgehead atoms. The molecule has 0 radical (unpaired) electrons. The Morgan fingerprint density at radius 3 is 2.37 bits per heavy atom. The third-order valence-corrected chi connectivity index (χ3v) is 5.47. The molecule has 1 nitrogen and oxygen atoms in total. The van der Waals surface area contributed by atoms with Crippen LogP contribution in [0.4, 0.5) is 5.69 Å². The number of halogens is 1. The molecule has 0 aromatic heterocycles. The maximum absolute atomic E-state index is 6.14. The highest BCUT2D eigenvalue weighted by atomic mass is 35.5. The van der Waals surface area contributed by atoms with E-state index < -0.39 is 0 Å². The van der Waals surface area contributed by atoms with Crippen molar-refractivity contribution >= 4 is 40.8 Å². The predicted octanol–water partition coefficient (Wildman–Crippen LogP) is 5.12. The number of nitrogen functional groups attached to an aromatic ring is 1. The van der Waals surface area contributed by atoms with Gasteiger partial charge in [0.15, 0.2) is 0 Å². The van der Waals surface area contributed by atoms with Gasteiger partial charge in [-0.1, -0.05) is 35.4 Å². The van der Waals surface area contributed by atoms with Gasteiger partial charge in [-0.2, -0.15) is 0 Å². The summed E-state index contributed by atoms with van der Waals surface area (Å²) in [6.45, 7) is 2.10. The van der Waals surface area contributed by atoms with Gasteiger partial charge in [-0.3, -0.25) is 0 Å². The van der Waals surface area contributed by atoms with E-state index in [0.29, 0.717) is 0 Å². The van der Waals surface area contributed by atoms with Gasteiger partial charge in [0.2, 0.25) is 0 Å². The molecule has 0 saturated heterocycles. The number of hydrogen-bond acceptors (Lipinski definition) is 3. The van der Waals surface area contributed by atoms with Crippen LogP contribution in [-0.4, -0.2) is 11.5 Å².